The monoisotopic (exact) mass is 580 g/mol. The van der Waals surface area contributed by atoms with Gasteiger partial charge in [-0.25, -0.2) is 4.18 Å². The molecule has 5 rings (SSSR count). The van der Waals surface area contributed by atoms with E-state index in [0.717, 1.165) is 11.1 Å². The molecule has 0 aromatic heterocycles. The highest BCUT2D eigenvalue weighted by atomic mass is 32.2. The molecule has 2 aliphatic rings. The third kappa shape index (κ3) is 6.39. The Morgan fingerprint density at radius 2 is 1.18 bits per heavy atom. The summed E-state index contributed by atoms with van der Waals surface area (Å²) in [5.41, 5.74) is -3.43. The Morgan fingerprint density at radius 1 is 0.725 bits per heavy atom. The third-order valence-electron chi connectivity index (χ3n) is 6.47. The van der Waals surface area contributed by atoms with E-state index < -0.39 is 52.6 Å². The van der Waals surface area contributed by atoms with Crippen molar-refractivity contribution >= 4 is 10.1 Å². The van der Waals surface area contributed by atoms with Crippen LogP contribution < -0.4 is 0 Å². The molecule has 2 bridgehead atoms. The Morgan fingerprint density at radius 3 is 1.65 bits per heavy atom. The van der Waals surface area contributed by atoms with Crippen LogP contribution in [0.4, 0.5) is 13.2 Å². The van der Waals surface area contributed by atoms with Crippen LogP contribution in [0.15, 0.2) is 91.0 Å². The van der Waals surface area contributed by atoms with Gasteiger partial charge in [-0.1, -0.05) is 91.0 Å². The summed E-state index contributed by atoms with van der Waals surface area (Å²) in [7, 11) is -6.10. The van der Waals surface area contributed by atoms with E-state index in [0.29, 0.717) is 5.56 Å². The summed E-state index contributed by atoms with van der Waals surface area (Å²) >= 11 is 0. The molecule has 2 fully saturated rings. The second-order valence-electron chi connectivity index (χ2n) is 9.33. The standard InChI is InChI=1S/C28H27F3O8S/c29-28(30,31)40(32,33)39-27-19-37-26(38-27)24(35-17-21-12-6-2-7-13-21)23(34-16-20-10-4-1-5-11-20)25(27)36-18-22-14-8-3-9-15-22/h1-15,23-26H,16-19H2/t23-,24-,25+,26+,27-/m1/s1. The number of benzene rings is 3. The number of fused-ring (bicyclic) bond motifs is 2. The smallest absolute Gasteiger partial charge is 0.368 e. The van der Waals surface area contributed by atoms with Crippen molar-refractivity contribution in [2.75, 3.05) is 6.61 Å². The molecule has 0 radical (unpaired) electrons. The van der Waals surface area contributed by atoms with E-state index in [1.54, 1.807) is 30.3 Å². The van der Waals surface area contributed by atoms with Crippen molar-refractivity contribution in [3.63, 3.8) is 0 Å². The van der Waals surface area contributed by atoms with Gasteiger partial charge < -0.3 is 23.7 Å². The summed E-state index contributed by atoms with van der Waals surface area (Å²) in [5, 5.41) is 0. The molecule has 5 atom stereocenters. The number of ether oxygens (including phenoxy) is 5. The lowest BCUT2D eigenvalue weighted by Crippen LogP contribution is -2.65. The van der Waals surface area contributed by atoms with E-state index in [4.69, 9.17) is 27.9 Å². The summed E-state index contributed by atoms with van der Waals surface area (Å²) in [6.45, 7) is -0.646. The molecular formula is C28H27F3O8S. The molecule has 0 amide bonds. The average molecular weight is 581 g/mol. The highest BCUT2D eigenvalue weighted by molar-refractivity contribution is 7.87. The van der Waals surface area contributed by atoms with Crippen molar-refractivity contribution in [2.24, 2.45) is 0 Å². The topological polar surface area (TPSA) is 89.5 Å². The van der Waals surface area contributed by atoms with Crippen molar-refractivity contribution in [2.45, 2.75) is 55.7 Å². The normalized spacial score (nSPS) is 26.6. The van der Waals surface area contributed by atoms with Gasteiger partial charge in [-0.05, 0) is 16.7 Å². The second-order valence-corrected chi connectivity index (χ2v) is 10.9. The van der Waals surface area contributed by atoms with Crippen LogP contribution in [0.1, 0.15) is 16.7 Å². The van der Waals surface area contributed by atoms with E-state index in [9.17, 15) is 21.6 Å². The van der Waals surface area contributed by atoms with Crippen molar-refractivity contribution in [3.05, 3.63) is 108 Å². The van der Waals surface area contributed by atoms with Gasteiger partial charge in [0.05, 0.1) is 19.8 Å². The van der Waals surface area contributed by atoms with Gasteiger partial charge in [0, 0.05) is 0 Å². The Balaban J connectivity index is 1.49. The van der Waals surface area contributed by atoms with Gasteiger partial charge in [0.1, 0.15) is 24.9 Å². The molecule has 2 saturated heterocycles. The number of hydrogen-bond donors (Lipinski definition) is 0. The first-order valence-corrected chi connectivity index (χ1v) is 13.9. The zero-order valence-corrected chi connectivity index (χ0v) is 21.9. The first-order valence-electron chi connectivity index (χ1n) is 12.4. The van der Waals surface area contributed by atoms with Crippen molar-refractivity contribution < 1.29 is 49.5 Å². The summed E-state index contributed by atoms with van der Waals surface area (Å²) < 4.78 is 99.3. The van der Waals surface area contributed by atoms with E-state index in [2.05, 4.69) is 0 Å². The number of rotatable bonds is 11. The molecule has 2 heterocycles. The van der Waals surface area contributed by atoms with Crippen LogP contribution in [0.25, 0.3) is 0 Å². The molecule has 2 aliphatic heterocycles. The predicted octanol–water partition coefficient (Wildman–Crippen LogP) is 4.69. The van der Waals surface area contributed by atoms with Crippen molar-refractivity contribution in [1.29, 1.82) is 0 Å². The lowest BCUT2D eigenvalue weighted by atomic mass is 9.97. The van der Waals surface area contributed by atoms with Crippen LogP contribution in [0.5, 0.6) is 0 Å². The fourth-order valence-corrected chi connectivity index (χ4v) is 5.19. The van der Waals surface area contributed by atoms with Gasteiger partial charge in [0.15, 0.2) is 6.29 Å². The molecule has 8 nitrogen and oxygen atoms in total. The van der Waals surface area contributed by atoms with Gasteiger partial charge in [0.25, 0.3) is 0 Å². The maximum absolute atomic E-state index is 13.4. The van der Waals surface area contributed by atoms with Gasteiger partial charge in [-0.15, -0.1) is 0 Å². The molecule has 0 unspecified atom stereocenters. The molecular weight excluding hydrogens is 553 g/mol. The van der Waals surface area contributed by atoms with Crippen molar-refractivity contribution in [1.82, 2.24) is 0 Å². The maximum atomic E-state index is 13.4. The Hall–Kier alpha value is -2.84. The van der Waals surface area contributed by atoms with Crippen LogP contribution in [-0.2, 0) is 57.8 Å². The van der Waals surface area contributed by atoms with Crippen LogP contribution >= 0.6 is 0 Å². The summed E-state index contributed by atoms with van der Waals surface area (Å²) in [5.74, 6) is -2.47. The minimum Gasteiger partial charge on any atom is -0.368 e. The third-order valence-corrected chi connectivity index (χ3v) is 7.53. The Kier molecular flexibility index (Phi) is 8.57. The van der Waals surface area contributed by atoms with Gasteiger partial charge in [-0.3, -0.25) is 0 Å². The first-order chi connectivity index (χ1) is 19.2. The van der Waals surface area contributed by atoms with Crippen LogP contribution in [0, 0.1) is 0 Å². The summed E-state index contributed by atoms with van der Waals surface area (Å²) in [6, 6.07) is 27.1. The summed E-state index contributed by atoms with van der Waals surface area (Å²) in [4.78, 5) is 0. The maximum Gasteiger partial charge on any atom is 0.523 e. The fourth-order valence-electron chi connectivity index (χ4n) is 4.55. The minimum atomic E-state index is -6.10. The zero-order chi connectivity index (χ0) is 28.2. The Bertz CT molecular complexity index is 1340. The highest BCUT2D eigenvalue weighted by Crippen LogP contribution is 2.45. The largest absolute Gasteiger partial charge is 0.523 e. The lowest BCUT2D eigenvalue weighted by molar-refractivity contribution is -0.337. The first kappa shape index (κ1) is 28.7. The molecule has 3 aromatic carbocycles. The highest BCUT2D eigenvalue weighted by Gasteiger charge is 2.67. The molecule has 0 saturated carbocycles. The minimum absolute atomic E-state index is 0.0245. The molecule has 0 aliphatic carbocycles. The molecule has 3 aromatic rings. The van der Waals surface area contributed by atoms with E-state index >= 15 is 0 Å². The van der Waals surface area contributed by atoms with Crippen molar-refractivity contribution in [3.8, 4) is 0 Å². The molecule has 12 heteroatoms. The second kappa shape index (κ2) is 12.0. The van der Waals surface area contributed by atoms with E-state index in [1.807, 2.05) is 60.7 Å². The van der Waals surface area contributed by atoms with Gasteiger partial charge in [-0.2, -0.15) is 21.6 Å². The van der Waals surface area contributed by atoms with Crippen LogP contribution in [0.3, 0.4) is 0 Å². The molecule has 0 spiro atoms. The molecule has 214 valence electrons. The SMILES string of the molecule is O=S(=O)(O[C@@]12CO[C@@H](O1)[C@H](OCc1ccccc1)[C@@H](OCc1ccccc1)[C@@H]2OCc1ccccc1)C(F)(F)F. The van der Waals surface area contributed by atoms with Gasteiger partial charge >= 0.3 is 15.6 Å². The van der Waals surface area contributed by atoms with Crippen LogP contribution in [0.2, 0.25) is 0 Å². The average Bonchev–Trinajstić information content (AvgIpc) is 3.31. The molecule has 0 N–H and O–H groups in total. The van der Waals surface area contributed by atoms with Gasteiger partial charge in [0.2, 0.25) is 5.79 Å². The number of hydrogen-bond acceptors (Lipinski definition) is 8. The number of alkyl halides is 3. The predicted molar refractivity (Wildman–Crippen MR) is 135 cm³/mol. The quantitative estimate of drug-likeness (QED) is 0.239. The fraction of sp³-hybridized carbons (Fsp3) is 0.357. The molecule has 40 heavy (non-hydrogen) atoms. The van der Waals surface area contributed by atoms with E-state index in [-0.39, 0.29) is 19.8 Å². The lowest BCUT2D eigenvalue weighted by Gasteiger charge is -2.45. The van der Waals surface area contributed by atoms with E-state index in [1.165, 1.54) is 0 Å². The number of halogens is 3. The summed E-state index contributed by atoms with van der Waals surface area (Å²) in [6.07, 6.45) is -4.92. The zero-order valence-electron chi connectivity index (χ0n) is 21.1. The van der Waals surface area contributed by atoms with Crippen LogP contribution in [-0.4, -0.2) is 50.9 Å². The Labute approximate surface area is 229 Å².